The van der Waals surface area contributed by atoms with Crippen LogP contribution in [0, 0.1) is 13.8 Å². The van der Waals surface area contributed by atoms with Crippen LogP contribution in [0.5, 0.6) is 0 Å². The standard InChI is InChI=1S/C13H17N5O3/c1-7-10(8(2)16-11(7)13(20)21)12(19)14-5-4-9-15-6-18(3)17-9/h6,16H,4-5H2,1-3H3,(H,14,19)(H,20,21). The van der Waals surface area contributed by atoms with Crippen molar-refractivity contribution in [2.75, 3.05) is 6.54 Å². The Kier molecular flexibility index (Phi) is 4.06. The summed E-state index contributed by atoms with van der Waals surface area (Å²) < 4.78 is 1.59. The number of nitrogens with one attached hydrogen (secondary N) is 2. The van der Waals surface area contributed by atoms with Gasteiger partial charge < -0.3 is 15.4 Å². The van der Waals surface area contributed by atoms with Gasteiger partial charge >= 0.3 is 5.97 Å². The maximum absolute atomic E-state index is 12.1. The molecule has 0 aliphatic heterocycles. The number of amides is 1. The van der Waals surface area contributed by atoms with E-state index in [2.05, 4.69) is 20.4 Å². The highest BCUT2D eigenvalue weighted by Gasteiger charge is 2.21. The van der Waals surface area contributed by atoms with Crippen molar-refractivity contribution in [3.05, 3.63) is 34.7 Å². The number of aromatic carboxylic acids is 1. The minimum absolute atomic E-state index is 0.0454. The zero-order valence-electron chi connectivity index (χ0n) is 12.1. The molecule has 0 saturated heterocycles. The van der Waals surface area contributed by atoms with Crippen LogP contribution in [0.4, 0.5) is 0 Å². The van der Waals surface area contributed by atoms with E-state index >= 15 is 0 Å². The summed E-state index contributed by atoms with van der Waals surface area (Å²) in [5.41, 5.74) is 1.40. The molecule has 0 saturated carbocycles. The van der Waals surface area contributed by atoms with Crippen LogP contribution in [-0.2, 0) is 13.5 Å². The van der Waals surface area contributed by atoms with Crippen LogP contribution in [0.1, 0.15) is 37.9 Å². The number of carboxylic acid groups (broad SMARTS) is 1. The summed E-state index contributed by atoms with van der Waals surface area (Å²) in [6.45, 7) is 3.67. The molecule has 8 nitrogen and oxygen atoms in total. The van der Waals surface area contributed by atoms with Gasteiger partial charge in [-0.25, -0.2) is 9.78 Å². The minimum atomic E-state index is -1.08. The molecule has 0 unspecified atom stereocenters. The third-order valence-corrected chi connectivity index (χ3v) is 3.16. The van der Waals surface area contributed by atoms with Crippen molar-refractivity contribution >= 4 is 11.9 Å². The van der Waals surface area contributed by atoms with Crippen LogP contribution in [0.2, 0.25) is 0 Å². The molecule has 2 heterocycles. The number of H-pyrrole nitrogens is 1. The Morgan fingerprint density at radius 3 is 2.67 bits per heavy atom. The Balaban J connectivity index is 2.02. The van der Waals surface area contributed by atoms with Crippen molar-refractivity contribution < 1.29 is 14.7 Å². The topological polar surface area (TPSA) is 113 Å². The van der Waals surface area contributed by atoms with Crippen molar-refractivity contribution in [3.8, 4) is 0 Å². The molecule has 0 fully saturated rings. The highest BCUT2D eigenvalue weighted by molar-refractivity contribution is 6.00. The van der Waals surface area contributed by atoms with E-state index in [9.17, 15) is 9.59 Å². The van der Waals surface area contributed by atoms with Crippen molar-refractivity contribution in [2.24, 2.45) is 7.05 Å². The summed E-state index contributed by atoms with van der Waals surface area (Å²) in [6, 6.07) is 0. The van der Waals surface area contributed by atoms with Crippen molar-refractivity contribution in [3.63, 3.8) is 0 Å². The number of carbonyl (C=O) groups excluding carboxylic acids is 1. The molecule has 8 heteroatoms. The van der Waals surface area contributed by atoms with Gasteiger partial charge in [0.05, 0.1) is 5.56 Å². The number of nitrogens with zero attached hydrogens (tertiary/aromatic N) is 3. The molecule has 2 aromatic rings. The zero-order chi connectivity index (χ0) is 15.6. The van der Waals surface area contributed by atoms with Gasteiger partial charge in [-0.1, -0.05) is 0 Å². The van der Waals surface area contributed by atoms with Gasteiger partial charge in [-0.2, -0.15) is 5.10 Å². The number of aromatic nitrogens is 4. The molecule has 3 N–H and O–H groups in total. The van der Waals surface area contributed by atoms with Crippen molar-refractivity contribution in [1.82, 2.24) is 25.1 Å². The van der Waals surface area contributed by atoms with E-state index in [0.717, 1.165) is 0 Å². The molecular formula is C13H17N5O3. The number of carbonyl (C=O) groups is 2. The van der Waals surface area contributed by atoms with Crippen LogP contribution in [0.3, 0.4) is 0 Å². The summed E-state index contributed by atoms with van der Waals surface area (Å²) in [5.74, 6) is -0.733. The quantitative estimate of drug-likeness (QED) is 0.739. The van der Waals surface area contributed by atoms with E-state index in [1.54, 1.807) is 31.9 Å². The fourth-order valence-electron chi connectivity index (χ4n) is 2.18. The van der Waals surface area contributed by atoms with Crippen LogP contribution < -0.4 is 5.32 Å². The van der Waals surface area contributed by atoms with Gasteiger partial charge in [0.2, 0.25) is 0 Å². The monoisotopic (exact) mass is 291 g/mol. The molecular weight excluding hydrogens is 274 g/mol. The van der Waals surface area contributed by atoms with Gasteiger partial charge in [-0.15, -0.1) is 0 Å². The number of hydrogen-bond donors (Lipinski definition) is 3. The highest BCUT2D eigenvalue weighted by atomic mass is 16.4. The molecule has 0 radical (unpaired) electrons. The normalized spacial score (nSPS) is 10.6. The predicted octanol–water partition coefficient (Wildman–Crippen LogP) is 0.431. The molecule has 21 heavy (non-hydrogen) atoms. The van der Waals surface area contributed by atoms with Gasteiger partial charge in [0.1, 0.15) is 12.0 Å². The number of aromatic amines is 1. The number of aryl methyl sites for hydroxylation is 2. The molecule has 0 bridgehead atoms. The van der Waals surface area contributed by atoms with Crippen LogP contribution in [0.25, 0.3) is 0 Å². The number of hydrogen-bond acceptors (Lipinski definition) is 4. The summed E-state index contributed by atoms with van der Waals surface area (Å²) in [7, 11) is 1.77. The fourth-order valence-corrected chi connectivity index (χ4v) is 2.18. The third-order valence-electron chi connectivity index (χ3n) is 3.16. The van der Waals surface area contributed by atoms with Crippen molar-refractivity contribution in [2.45, 2.75) is 20.3 Å². The van der Waals surface area contributed by atoms with Gasteiger partial charge in [0.15, 0.2) is 5.82 Å². The second kappa shape index (κ2) is 5.78. The van der Waals surface area contributed by atoms with E-state index < -0.39 is 5.97 Å². The first-order chi connectivity index (χ1) is 9.90. The lowest BCUT2D eigenvalue weighted by Gasteiger charge is -2.04. The molecule has 0 aliphatic carbocycles. The average molecular weight is 291 g/mol. The van der Waals surface area contributed by atoms with E-state index in [1.165, 1.54) is 0 Å². The lowest BCUT2D eigenvalue weighted by atomic mass is 10.1. The summed E-state index contributed by atoms with van der Waals surface area (Å²) in [6.07, 6.45) is 2.11. The van der Waals surface area contributed by atoms with E-state index in [0.29, 0.717) is 35.6 Å². The molecule has 0 atom stereocenters. The van der Waals surface area contributed by atoms with E-state index in [-0.39, 0.29) is 11.6 Å². The zero-order valence-corrected chi connectivity index (χ0v) is 12.1. The first-order valence-corrected chi connectivity index (χ1v) is 6.45. The second-order valence-corrected chi connectivity index (χ2v) is 4.77. The maximum Gasteiger partial charge on any atom is 0.352 e. The van der Waals surface area contributed by atoms with Crippen LogP contribution in [-0.4, -0.2) is 43.3 Å². The summed E-state index contributed by atoms with van der Waals surface area (Å²) >= 11 is 0. The summed E-state index contributed by atoms with van der Waals surface area (Å²) in [5, 5.41) is 15.9. The van der Waals surface area contributed by atoms with Gasteiger partial charge in [0.25, 0.3) is 5.91 Å². The number of carboxylic acids is 1. The van der Waals surface area contributed by atoms with Crippen LogP contribution in [0.15, 0.2) is 6.33 Å². The smallest absolute Gasteiger partial charge is 0.352 e. The Morgan fingerprint density at radius 2 is 2.14 bits per heavy atom. The molecule has 0 aromatic carbocycles. The highest BCUT2D eigenvalue weighted by Crippen LogP contribution is 2.17. The lowest BCUT2D eigenvalue weighted by Crippen LogP contribution is -2.27. The average Bonchev–Trinajstić information content (AvgIpc) is 2.93. The SMILES string of the molecule is Cc1[nH]c(C(=O)O)c(C)c1C(=O)NCCc1ncn(C)n1. The Labute approximate surface area is 121 Å². The predicted molar refractivity (Wildman–Crippen MR) is 74.3 cm³/mol. The maximum atomic E-state index is 12.1. The lowest BCUT2D eigenvalue weighted by molar-refractivity contribution is 0.0690. The number of rotatable bonds is 5. The second-order valence-electron chi connectivity index (χ2n) is 4.77. The van der Waals surface area contributed by atoms with E-state index in [4.69, 9.17) is 5.11 Å². The Bertz CT molecular complexity index is 686. The third kappa shape index (κ3) is 3.10. The first kappa shape index (κ1) is 14.8. The van der Waals surface area contributed by atoms with Crippen LogP contribution >= 0.6 is 0 Å². The van der Waals surface area contributed by atoms with E-state index in [1.807, 2.05) is 0 Å². The molecule has 1 amide bonds. The minimum Gasteiger partial charge on any atom is -0.477 e. The fraction of sp³-hybridized carbons (Fsp3) is 0.385. The molecule has 0 spiro atoms. The Morgan fingerprint density at radius 1 is 1.43 bits per heavy atom. The van der Waals surface area contributed by atoms with Gasteiger partial charge in [-0.05, 0) is 19.4 Å². The molecule has 0 aliphatic rings. The molecule has 112 valence electrons. The molecule has 2 aromatic heterocycles. The van der Waals surface area contributed by atoms with Gasteiger partial charge in [0, 0.05) is 25.7 Å². The largest absolute Gasteiger partial charge is 0.477 e. The summed E-state index contributed by atoms with van der Waals surface area (Å²) in [4.78, 5) is 30.0. The first-order valence-electron chi connectivity index (χ1n) is 6.45. The molecule has 2 rings (SSSR count). The van der Waals surface area contributed by atoms with Crippen molar-refractivity contribution in [1.29, 1.82) is 0 Å². The van der Waals surface area contributed by atoms with Gasteiger partial charge in [-0.3, -0.25) is 9.48 Å². The Hall–Kier alpha value is -2.64.